The summed E-state index contributed by atoms with van der Waals surface area (Å²) in [7, 11) is 0. The molecular weight excluding hydrogens is 315 g/mol. The van der Waals surface area contributed by atoms with Crippen LogP contribution in [-0.4, -0.2) is 29.0 Å². The molecule has 114 valence electrons. The van der Waals surface area contributed by atoms with Crippen LogP contribution >= 0.6 is 23.2 Å². The maximum absolute atomic E-state index is 11.7. The quantitative estimate of drug-likeness (QED) is 0.455. The predicted molar refractivity (Wildman–Crippen MR) is 79.5 cm³/mol. The molecule has 6 heteroatoms. The predicted octanol–water partition coefficient (Wildman–Crippen LogP) is 3.50. The fraction of sp³-hybridized carbons (Fsp3) is 0.467. The highest BCUT2D eigenvalue weighted by Crippen LogP contribution is 2.37. The number of halogens is 2. The molecule has 4 nitrogen and oxygen atoms in total. The zero-order valence-electron chi connectivity index (χ0n) is 11.4. The smallest absolute Gasteiger partial charge is 0.343 e. The molecule has 0 amide bonds. The van der Waals surface area contributed by atoms with Crippen LogP contribution in [0.15, 0.2) is 30.3 Å². The zero-order valence-corrected chi connectivity index (χ0v) is 12.9. The van der Waals surface area contributed by atoms with E-state index in [9.17, 15) is 9.59 Å². The lowest BCUT2D eigenvalue weighted by Gasteiger charge is -2.09. The van der Waals surface area contributed by atoms with Crippen molar-refractivity contribution in [3.05, 3.63) is 35.9 Å². The number of esters is 2. The minimum Gasteiger partial charge on any atom is -0.462 e. The van der Waals surface area contributed by atoms with Crippen molar-refractivity contribution in [2.45, 2.75) is 36.1 Å². The van der Waals surface area contributed by atoms with Crippen LogP contribution < -0.4 is 0 Å². The molecule has 2 rings (SSSR count). The lowest BCUT2D eigenvalue weighted by atomic mass is 10.1. The Morgan fingerprint density at radius 1 is 1.29 bits per heavy atom. The first-order valence-electron chi connectivity index (χ1n) is 6.80. The number of carbonyl (C=O) groups excluding carboxylic acids is 2. The topological polar surface area (TPSA) is 52.6 Å². The van der Waals surface area contributed by atoms with Gasteiger partial charge >= 0.3 is 11.9 Å². The van der Waals surface area contributed by atoms with Crippen molar-refractivity contribution in [1.82, 2.24) is 0 Å². The second-order valence-corrected chi connectivity index (χ2v) is 6.42. The molecular formula is C15H16Cl2O4. The molecule has 1 unspecified atom stereocenters. The summed E-state index contributed by atoms with van der Waals surface area (Å²) in [6, 6.07) is 8.83. The van der Waals surface area contributed by atoms with E-state index in [1.54, 1.807) is 24.3 Å². The molecule has 0 N–H and O–H groups in total. The summed E-state index contributed by atoms with van der Waals surface area (Å²) in [6.07, 6.45) is 2.18. The summed E-state index contributed by atoms with van der Waals surface area (Å²) in [5.41, 5.74) is 0.538. The Morgan fingerprint density at radius 2 is 2.00 bits per heavy atom. The fourth-order valence-electron chi connectivity index (χ4n) is 2.11. The summed E-state index contributed by atoms with van der Waals surface area (Å²) >= 11 is 11.6. The van der Waals surface area contributed by atoms with E-state index in [2.05, 4.69) is 0 Å². The molecule has 1 aromatic carbocycles. The normalized spacial score (nSPS) is 20.1. The van der Waals surface area contributed by atoms with E-state index in [0.29, 0.717) is 31.4 Å². The van der Waals surface area contributed by atoms with Crippen molar-refractivity contribution in [2.75, 3.05) is 6.61 Å². The van der Waals surface area contributed by atoms with Crippen molar-refractivity contribution >= 4 is 35.1 Å². The second-order valence-electron chi connectivity index (χ2n) is 4.93. The molecule has 21 heavy (non-hydrogen) atoms. The molecule has 1 aromatic rings. The van der Waals surface area contributed by atoms with Gasteiger partial charge in [-0.1, -0.05) is 41.4 Å². The molecule has 1 aliphatic rings. The number of cyclic esters (lactones) is 1. The molecule has 1 saturated heterocycles. The lowest BCUT2D eigenvalue weighted by molar-refractivity contribution is -0.142. The van der Waals surface area contributed by atoms with Crippen LogP contribution in [0, 0.1) is 0 Å². The molecule has 0 bridgehead atoms. The molecule has 0 radical (unpaired) electrons. The Labute approximate surface area is 133 Å². The van der Waals surface area contributed by atoms with Gasteiger partial charge in [-0.25, -0.2) is 9.59 Å². The first-order chi connectivity index (χ1) is 9.99. The Hall–Kier alpha value is -1.26. The van der Waals surface area contributed by atoms with Crippen LogP contribution in [0.25, 0.3) is 0 Å². The summed E-state index contributed by atoms with van der Waals surface area (Å²) in [5.74, 6) is -0.908. The van der Waals surface area contributed by atoms with Crippen molar-refractivity contribution in [1.29, 1.82) is 0 Å². The first-order valence-corrected chi connectivity index (χ1v) is 7.56. The van der Waals surface area contributed by atoms with E-state index in [1.165, 1.54) is 0 Å². The summed E-state index contributed by atoms with van der Waals surface area (Å²) in [5, 5.41) is 0. The monoisotopic (exact) mass is 330 g/mol. The highest BCUT2D eigenvalue weighted by molar-refractivity contribution is 6.57. The van der Waals surface area contributed by atoms with Gasteiger partial charge in [0.05, 0.1) is 12.2 Å². The van der Waals surface area contributed by atoms with Crippen LogP contribution in [-0.2, 0) is 14.3 Å². The maximum atomic E-state index is 11.7. The van der Waals surface area contributed by atoms with Crippen LogP contribution in [0.4, 0.5) is 0 Å². The van der Waals surface area contributed by atoms with E-state index in [1.807, 2.05) is 6.07 Å². The van der Waals surface area contributed by atoms with Gasteiger partial charge in [0, 0.05) is 6.42 Å². The summed E-state index contributed by atoms with van der Waals surface area (Å²) in [6.45, 7) is 0.335. The Bertz CT molecular complexity index is 502. The summed E-state index contributed by atoms with van der Waals surface area (Å²) < 4.78 is 8.81. The fourth-order valence-corrected chi connectivity index (χ4v) is 2.54. The third kappa shape index (κ3) is 4.61. The molecule has 1 fully saturated rings. The minimum absolute atomic E-state index is 0.252. The van der Waals surface area contributed by atoms with Crippen molar-refractivity contribution in [3.8, 4) is 0 Å². The lowest BCUT2D eigenvalue weighted by Crippen LogP contribution is -2.18. The molecule has 0 spiro atoms. The highest BCUT2D eigenvalue weighted by Gasteiger charge is 2.45. The average Bonchev–Trinajstić information content (AvgIpc) is 2.72. The van der Waals surface area contributed by atoms with Crippen LogP contribution in [0.3, 0.4) is 0 Å². The Balaban J connectivity index is 1.61. The average molecular weight is 331 g/mol. The van der Waals surface area contributed by atoms with E-state index in [0.717, 1.165) is 6.42 Å². The number of alkyl halides is 2. The van der Waals surface area contributed by atoms with Crippen LogP contribution in [0.1, 0.15) is 36.0 Å². The maximum Gasteiger partial charge on any atom is 0.343 e. The standard InChI is InChI=1S/C15H16Cl2O4/c16-15(17)10-12(21-14(15)19)8-4-5-9-20-13(18)11-6-2-1-3-7-11/h1-3,6-7,12H,4-5,8-10H2. The number of rotatable bonds is 6. The van der Waals surface area contributed by atoms with Crippen LogP contribution in [0.5, 0.6) is 0 Å². The van der Waals surface area contributed by atoms with Crippen molar-refractivity contribution in [3.63, 3.8) is 0 Å². The molecule has 0 saturated carbocycles. The first kappa shape index (κ1) is 16.1. The molecule has 0 aliphatic carbocycles. The molecule has 1 aliphatic heterocycles. The largest absolute Gasteiger partial charge is 0.462 e. The van der Waals surface area contributed by atoms with Crippen LogP contribution in [0.2, 0.25) is 0 Å². The van der Waals surface area contributed by atoms with Gasteiger partial charge in [-0.3, -0.25) is 0 Å². The van der Waals surface area contributed by atoms with Gasteiger partial charge in [0.1, 0.15) is 6.10 Å². The Kier molecular flexibility index (Phi) is 5.48. The van der Waals surface area contributed by atoms with Gasteiger partial charge in [-0.2, -0.15) is 0 Å². The van der Waals surface area contributed by atoms with Gasteiger partial charge < -0.3 is 9.47 Å². The number of benzene rings is 1. The molecule has 1 heterocycles. The minimum atomic E-state index is -1.41. The van der Waals surface area contributed by atoms with Gasteiger partial charge in [0.15, 0.2) is 0 Å². The number of hydrogen-bond donors (Lipinski definition) is 0. The number of carbonyl (C=O) groups is 2. The Morgan fingerprint density at radius 3 is 2.62 bits per heavy atom. The highest BCUT2D eigenvalue weighted by atomic mass is 35.5. The third-order valence-corrected chi connectivity index (χ3v) is 3.84. The molecule has 1 atom stereocenters. The van der Waals surface area contributed by atoms with Crippen molar-refractivity contribution < 1.29 is 19.1 Å². The second kappa shape index (κ2) is 7.14. The van der Waals surface area contributed by atoms with E-state index in [-0.39, 0.29) is 12.1 Å². The third-order valence-electron chi connectivity index (χ3n) is 3.22. The number of unbranched alkanes of at least 4 members (excludes halogenated alkanes) is 1. The summed E-state index contributed by atoms with van der Waals surface area (Å²) in [4.78, 5) is 23.0. The number of hydrogen-bond acceptors (Lipinski definition) is 4. The number of ether oxygens (including phenoxy) is 2. The van der Waals surface area contributed by atoms with E-state index >= 15 is 0 Å². The van der Waals surface area contributed by atoms with Gasteiger partial charge in [-0.05, 0) is 31.4 Å². The van der Waals surface area contributed by atoms with Gasteiger partial charge in [-0.15, -0.1) is 0 Å². The van der Waals surface area contributed by atoms with Crippen molar-refractivity contribution in [2.24, 2.45) is 0 Å². The van der Waals surface area contributed by atoms with Gasteiger partial charge in [0.2, 0.25) is 4.33 Å². The van der Waals surface area contributed by atoms with E-state index in [4.69, 9.17) is 32.7 Å². The van der Waals surface area contributed by atoms with Gasteiger partial charge in [0.25, 0.3) is 0 Å². The SMILES string of the molecule is O=C(OCCCCC1CC(Cl)(Cl)C(=O)O1)c1ccccc1. The zero-order chi connectivity index (χ0) is 15.3. The molecule has 0 aromatic heterocycles. The van der Waals surface area contributed by atoms with E-state index < -0.39 is 10.3 Å².